The molecule has 10 heteroatoms. The first-order valence-electron chi connectivity index (χ1n) is 11.0. The number of carbonyl (C=O) groups excluding carboxylic acids is 1. The summed E-state index contributed by atoms with van der Waals surface area (Å²) in [4.78, 5) is 17.1. The average Bonchev–Trinajstić information content (AvgIpc) is 3.49. The molecule has 1 aliphatic carbocycles. The highest BCUT2D eigenvalue weighted by atomic mass is 16.1. The minimum absolute atomic E-state index is 0.237. The van der Waals surface area contributed by atoms with Gasteiger partial charge < -0.3 is 21.8 Å². The lowest BCUT2D eigenvalue weighted by Gasteiger charge is -2.15. The van der Waals surface area contributed by atoms with E-state index in [2.05, 4.69) is 25.8 Å². The van der Waals surface area contributed by atoms with Gasteiger partial charge in [0.1, 0.15) is 0 Å². The van der Waals surface area contributed by atoms with Gasteiger partial charge in [-0.2, -0.15) is 10.1 Å². The summed E-state index contributed by atoms with van der Waals surface area (Å²) < 4.78 is 3.30. The molecule has 1 fully saturated rings. The lowest BCUT2D eigenvalue weighted by atomic mass is 10.00. The van der Waals surface area contributed by atoms with Gasteiger partial charge in [0.2, 0.25) is 5.95 Å². The predicted octanol–water partition coefficient (Wildman–Crippen LogP) is 3.67. The minimum atomic E-state index is -0.237. The Kier molecular flexibility index (Phi) is 5.33. The molecule has 2 aromatic carbocycles. The van der Waals surface area contributed by atoms with Gasteiger partial charge in [-0.05, 0) is 48.6 Å². The van der Waals surface area contributed by atoms with Gasteiger partial charge in [-0.3, -0.25) is 9.48 Å². The van der Waals surface area contributed by atoms with Crippen LogP contribution in [0.5, 0.6) is 0 Å². The van der Waals surface area contributed by atoms with E-state index < -0.39 is 0 Å². The van der Waals surface area contributed by atoms with Gasteiger partial charge in [-0.15, -0.1) is 5.10 Å². The van der Waals surface area contributed by atoms with Crippen molar-refractivity contribution in [2.75, 3.05) is 16.4 Å². The van der Waals surface area contributed by atoms with Crippen molar-refractivity contribution in [1.82, 2.24) is 24.5 Å². The molecule has 172 valence electrons. The molecule has 0 bridgehead atoms. The molecular weight excluding hydrogens is 430 g/mol. The third-order valence-corrected chi connectivity index (χ3v) is 5.82. The van der Waals surface area contributed by atoms with Crippen LogP contribution in [0.1, 0.15) is 40.2 Å². The number of rotatable bonds is 7. The molecule has 4 aromatic rings. The molecule has 0 unspecified atom stereocenters. The normalized spacial score (nSPS) is 13.0. The molecule has 1 aliphatic rings. The summed E-state index contributed by atoms with van der Waals surface area (Å²) >= 11 is 0. The molecule has 0 radical (unpaired) electrons. The van der Waals surface area contributed by atoms with Crippen molar-refractivity contribution in [3.63, 3.8) is 0 Å². The predicted molar refractivity (Wildman–Crippen MR) is 132 cm³/mol. The zero-order valence-electron chi connectivity index (χ0n) is 18.9. The lowest BCUT2D eigenvalue weighted by Crippen LogP contribution is -2.12. The van der Waals surface area contributed by atoms with E-state index in [9.17, 15) is 4.79 Å². The van der Waals surface area contributed by atoms with Crippen LogP contribution in [0.3, 0.4) is 0 Å². The molecule has 5 rings (SSSR count). The van der Waals surface area contributed by atoms with Crippen LogP contribution >= 0.6 is 0 Å². The number of aryl methyl sites for hydroxylation is 2. The van der Waals surface area contributed by atoms with E-state index in [1.165, 1.54) is 6.21 Å². The van der Waals surface area contributed by atoms with Gasteiger partial charge in [0.15, 0.2) is 11.6 Å². The number of carbonyl (C=O) groups is 1. The van der Waals surface area contributed by atoms with Crippen LogP contribution in [-0.4, -0.2) is 36.7 Å². The first kappa shape index (κ1) is 21.4. The Balaban J connectivity index is 1.36. The van der Waals surface area contributed by atoms with Gasteiger partial charge >= 0.3 is 0 Å². The van der Waals surface area contributed by atoms with E-state index >= 15 is 0 Å². The van der Waals surface area contributed by atoms with E-state index in [-0.39, 0.29) is 5.91 Å². The number of nitrogens with zero attached hydrogens (tertiary/aromatic N) is 5. The Hall–Kier alpha value is -4.47. The second-order valence-electron chi connectivity index (χ2n) is 8.36. The fraction of sp³-hybridized carbons (Fsp3) is 0.208. The van der Waals surface area contributed by atoms with Crippen LogP contribution in [-0.2, 0) is 14.1 Å². The van der Waals surface area contributed by atoms with Crippen molar-refractivity contribution >= 4 is 35.3 Å². The number of hydrogen-bond donors (Lipinski definition) is 4. The second kappa shape index (κ2) is 8.47. The summed E-state index contributed by atoms with van der Waals surface area (Å²) in [6.45, 7) is 0. The highest BCUT2D eigenvalue weighted by Gasteiger charge is 2.29. The summed E-state index contributed by atoms with van der Waals surface area (Å²) in [5, 5.41) is 22.6. The van der Waals surface area contributed by atoms with Crippen molar-refractivity contribution in [2.24, 2.45) is 14.1 Å². The molecule has 0 aliphatic heterocycles. The SMILES string of the molecule is Cn1ccc(NC(=O)c2ccc(-c3nc(Nc4ccc(N)c(C=N)c4C4CC4)n(C)n3)cc2)n1. The maximum Gasteiger partial charge on any atom is 0.256 e. The molecule has 5 N–H and O–H groups in total. The summed E-state index contributed by atoms with van der Waals surface area (Å²) in [6.07, 6.45) is 5.26. The molecule has 10 nitrogen and oxygen atoms in total. The van der Waals surface area contributed by atoms with Crippen LogP contribution < -0.4 is 16.4 Å². The van der Waals surface area contributed by atoms with E-state index in [0.29, 0.717) is 34.8 Å². The Bertz CT molecular complexity index is 1380. The van der Waals surface area contributed by atoms with Gasteiger partial charge in [0.25, 0.3) is 5.91 Å². The van der Waals surface area contributed by atoms with E-state index in [4.69, 9.17) is 11.1 Å². The maximum atomic E-state index is 12.5. The third kappa shape index (κ3) is 4.13. The van der Waals surface area contributed by atoms with Crippen molar-refractivity contribution in [3.05, 3.63) is 65.4 Å². The number of aromatic nitrogens is 5. The molecule has 0 saturated heterocycles. The van der Waals surface area contributed by atoms with E-state index in [1.54, 1.807) is 46.9 Å². The van der Waals surface area contributed by atoms with Crippen LogP contribution in [0.4, 0.5) is 23.1 Å². The second-order valence-corrected chi connectivity index (χ2v) is 8.36. The number of nitrogens with two attached hydrogens (primary N) is 1. The van der Waals surface area contributed by atoms with Gasteiger partial charge in [0, 0.05) is 60.6 Å². The number of amides is 1. The standard InChI is InChI=1S/C24H25N9O/c1-32-12-11-20(30-32)28-23(34)16-7-5-15(6-8-16)22-29-24(33(2)31-22)27-19-10-9-18(26)17(13-25)21(19)14-3-4-14/h5-14,25H,3-4,26H2,1-2H3,(H,27,29,31)(H,28,30,34). The van der Waals surface area contributed by atoms with Gasteiger partial charge in [-0.25, -0.2) is 4.68 Å². The van der Waals surface area contributed by atoms with Crippen LogP contribution in [0.15, 0.2) is 48.7 Å². The quantitative estimate of drug-likeness (QED) is 0.248. The molecule has 1 saturated carbocycles. The maximum absolute atomic E-state index is 12.5. The molecule has 34 heavy (non-hydrogen) atoms. The van der Waals surface area contributed by atoms with Gasteiger partial charge in [-0.1, -0.05) is 12.1 Å². The first-order valence-corrected chi connectivity index (χ1v) is 11.0. The fourth-order valence-electron chi connectivity index (χ4n) is 3.91. The van der Waals surface area contributed by atoms with E-state index in [0.717, 1.165) is 35.2 Å². The fourth-order valence-corrected chi connectivity index (χ4v) is 3.91. The largest absolute Gasteiger partial charge is 0.398 e. The number of nitrogen functional groups attached to an aromatic ring is 1. The Morgan fingerprint density at radius 1 is 1.12 bits per heavy atom. The third-order valence-electron chi connectivity index (χ3n) is 5.82. The van der Waals surface area contributed by atoms with Gasteiger partial charge in [0.05, 0.1) is 0 Å². The van der Waals surface area contributed by atoms with Crippen LogP contribution in [0, 0.1) is 5.41 Å². The Labute approximate surface area is 196 Å². The van der Waals surface area contributed by atoms with Crippen molar-refractivity contribution in [3.8, 4) is 11.4 Å². The highest BCUT2D eigenvalue weighted by molar-refractivity contribution is 6.04. The first-order chi connectivity index (χ1) is 16.4. The number of anilines is 4. The molecule has 2 aromatic heterocycles. The number of benzene rings is 2. The zero-order chi connectivity index (χ0) is 23.8. The summed E-state index contributed by atoms with van der Waals surface area (Å²) in [6, 6.07) is 12.6. The Morgan fingerprint density at radius 3 is 2.53 bits per heavy atom. The average molecular weight is 456 g/mol. The number of hydrogen-bond acceptors (Lipinski definition) is 7. The molecular formula is C24H25N9O. The molecule has 0 spiro atoms. The molecule has 0 atom stereocenters. The van der Waals surface area contributed by atoms with Crippen LogP contribution in [0.2, 0.25) is 0 Å². The smallest absolute Gasteiger partial charge is 0.256 e. The van der Waals surface area contributed by atoms with Crippen molar-refractivity contribution < 1.29 is 4.79 Å². The zero-order valence-corrected chi connectivity index (χ0v) is 18.9. The number of nitrogens with one attached hydrogen (secondary N) is 3. The Morgan fingerprint density at radius 2 is 1.88 bits per heavy atom. The monoisotopic (exact) mass is 455 g/mol. The van der Waals surface area contributed by atoms with E-state index in [1.807, 2.05) is 25.2 Å². The lowest BCUT2D eigenvalue weighted by molar-refractivity contribution is 0.102. The summed E-state index contributed by atoms with van der Waals surface area (Å²) in [5.74, 6) is 1.78. The topological polar surface area (TPSA) is 140 Å². The van der Waals surface area contributed by atoms with Crippen molar-refractivity contribution in [2.45, 2.75) is 18.8 Å². The summed E-state index contributed by atoms with van der Waals surface area (Å²) in [7, 11) is 3.61. The van der Waals surface area contributed by atoms with Crippen LogP contribution in [0.25, 0.3) is 11.4 Å². The molecule has 1 amide bonds. The van der Waals surface area contributed by atoms with Crippen molar-refractivity contribution in [1.29, 1.82) is 5.41 Å². The molecule has 2 heterocycles. The summed E-state index contributed by atoms with van der Waals surface area (Å²) in [5.41, 5.74) is 10.7. The highest BCUT2D eigenvalue weighted by Crippen LogP contribution is 2.46. The minimum Gasteiger partial charge on any atom is -0.398 e.